The zero-order valence-electron chi connectivity index (χ0n) is 75.0. The van der Waals surface area contributed by atoms with Crippen molar-refractivity contribution >= 4 is 52.5 Å². The van der Waals surface area contributed by atoms with Gasteiger partial charge in [-0.3, -0.25) is 9.59 Å². The summed E-state index contributed by atoms with van der Waals surface area (Å²) >= 11 is 0. The van der Waals surface area contributed by atoms with Crippen LogP contribution in [0, 0.1) is 0 Å². The molecule has 7 aromatic carbocycles. The molecule has 28 heteroatoms. The molecule has 4 saturated carbocycles. The fourth-order valence-electron chi connectivity index (χ4n) is 19.1. The summed E-state index contributed by atoms with van der Waals surface area (Å²) in [4.78, 5) is 69.3. The van der Waals surface area contributed by atoms with E-state index in [0.29, 0.717) is 67.9 Å². The summed E-state index contributed by atoms with van der Waals surface area (Å²) in [7, 11) is 4.89. The van der Waals surface area contributed by atoms with Crippen LogP contribution in [0.15, 0.2) is 170 Å². The predicted molar refractivity (Wildman–Crippen MR) is 491 cm³/mol. The minimum atomic E-state index is -1.13. The number of benzene rings is 7. The molecule has 0 bridgehead atoms. The monoisotopic (exact) mass is 1760 g/mol. The molecule has 28 nitrogen and oxygen atoms in total. The van der Waals surface area contributed by atoms with Crippen LogP contribution in [0.2, 0.25) is 0 Å². The third-order valence-electron chi connectivity index (χ3n) is 26.4. The second kappa shape index (κ2) is 44.6. The average molecular weight is 1760 g/mol. The SMILES string of the molecule is CCOC(=O)c1nnn(Cc2ccc(OC)cc2)c1OC1CCC(c2ccc(N3CCCC3)cc2)CC1.CCOC(=O)c1nnn(Cc2ccc(OC)cc2)c1OC1CCC(c2ccc(N3CCCC3=O)cc2)CC1.COc1ccc(Cn2nnc(C(=O)O)c2OC2CCC(c3ccc(N4CCCC4)cc3)CC2)cc1.O=C1CCCN1c1ccc(C2CCC(O)CC2)cc1. The smallest absolute Gasteiger partial charge is 0.364 e. The molecule has 18 rings (SSSR count). The van der Waals surface area contributed by atoms with Crippen LogP contribution < -0.4 is 48.0 Å². The van der Waals surface area contributed by atoms with Crippen LogP contribution in [-0.2, 0) is 38.7 Å². The first-order chi connectivity index (χ1) is 63.0. The Balaban J connectivity index is 0.000000135. The number of nitrogens with zero attached hydrogens (tertiary/aromatic N) is 13. The highest BCUT2D eigenvalue weighted by Crippen LogP contribution is 2.42. The number of carboxylic acids is 1. The van der Waals surface area contributed by atoms with Gasteiger partial charge in [0.25, 0.3) is 0 Å². The van der Waals surface area contributed by atoms with Crippen LogP contribution in [0.4, 0.5) is 22.7 Å². The standard InChI is InChI=1S/C29H34N4O5.C29H36N4O4.C27H32N4O4.C16H21NO2/c1-3-37-29(35)27-28(33(31-30-27)19-20-6-14-24(36-2)15-7-20)38-25-16-10-22(11-17-25)21-8-12-23(13-9-21)32-18-4-5-26(32)34;1-3-36-29(34)27-28(33(31-30-27)20-21-6-14-25(35-2)15-7-21)37-26-16-10-23(11-17-26)22-8-12-24(13-9-22)32-18-4-5-19-32;1-34-23-12-4-19(5-13-23)18-31-26(25(27(32)33)28-29-31)35-24-14-8-21(9-15-24)20-6-10-22(11-7-20)30-16-2-3-17-30;18-15-9-5-13(6-10-15)12-3-7-14(8-4-12)17-11-1-2-16(17)19/h6-9,12-15,22,25H,3-5,10-11,16-19H2,1-2H3;6-9,12-15,23,26H,3-5,10-11,16-20H2,1-2H3;4-7,10-13,21,24H,2-3,8-9,14-18H2,1H3,(H,32,33);3-4,7-8,13,15,18H,1-2,5-6,9-11H2. The number of carbonyl (C=O) groups excluding carboxylic acids is 4. The van der Waals surface area contributed by atoms with E-state index in [1.165, 1.54) is 77.1 Å². The quantitative estimate of drug-likeness (QED) is 0.0430. The van der Waals surface area contributed by atoms with Crippen molar-refractivity contribution in [1.82, 2.24) is 45.0 Å². The Morgan fingerprint density at radius 3 is 0.899 bits per heavy atom. The van der Waals surface area contributed by atoms with E-state index >= 15 is 0 Å². The number of aliphatic hydroxyl groups excluding tert-OH is 1. The lowest BCUT2D eigenvalue weighted by atomic mass is 9.82. The Bertz CT molecular complexity index is 5260. The number of hydrogen-bond donors (Lipinski definition) is 2. The lowest BCUT2D eigenvalue weighted by molar-refractivity contribution is -0.117. The third-order valence-corrected chi connectivity index (χ3v) is 26.4. The molecule has 7 heterocycles. The zero-order valence-corrected chi connectivity index (χ0v) is 75.0. The van der Waals surface area contributed by atoms with Crippen molar-refractivity contribution < 1.29 is 72.1 Å². The molecule has 3 aromatic heterocycles. The van der Waals surface area contributed by atoms with Crippen LogP contribution in [-0.4, -0.2) is 183 Å². The second-order valence-corrected chi connectivity index (χ2v) is 34.8. The summed E-state index contributed by atoms with van der Waals surface area (Å²) in [6.45, 7) is 11.6. The number of ether oxygens (including phenoxy) is 8. The third kappa shape index (κ3) is 23.8. The van der Waals surface area contributed by atoms with E-state index in [2.05, 4.69) is 138 Å². The van der Waals surface area contributed by atoms with Gasteiger partial charge in [0.05, 0.1) is 60.3 Å². The summed E-state index contributed by atoms with van der Waals surface area (Å²) < 4.78 is 50.0. The van der Waals surface area contributed by atoms with Gasteiger partial charge < -0.3 is 67.7 Å². The number of rotatable bonds is 28. The van der Waals surface area contributed by atoms with Crippen molar-refractivity contribution in [3.63, 3.8) is 0 Å². The van der Waals surface area contributed by atoms with Crippen LogP contribution >= 0.6 is 0 Å². The highest BCUT2D eigenvalue weighted by atomic mass is 16.5. The number of carbonyl (C=O) groups is 5. The van der Waals surface area contributed by atoms with Gasteiger partial charge in [0.2, 0.25) is 46.5 Å². The van der Waals surface area contributed by atoms with Gasteiger partial charge in [-0.1, -0.05) is 101 Å². The van der Waals surface area contributed by atoms with E-state index in [1.54, 1.807) is 44.5 Å². The van der Waals surface area contributed by atoms with Crippen LogP contribution in [0.3, 0.4) is 0 Å². The van der Waals surface area contributed by atoms with Gasteiger partial charge in [-0.25, -0.2) is 28.4 Å². The highest BCUT2D eigenvalue weighted by molar-refractivity contribution is 5.96. The maximum absolute atomic E-state index is 12.6. The van der Waals surface area contributed by atoms with Crippen LogP contribution in [0.1, 0.15) is 262 Å². The van der Waals surface area contributed by atoms with Crippen LogP contribution in [0.5, 0.6) is 34.9 Å². The van der Waals surface area contributed by atoms with Crippen molar-refractivity contribution in [3.05, 3.63) is 226 Å². The summed E-state index contributed by atoms with van der Waals surface area (Å²) in [5.41, 5.74) is 13.1. The van der Waals surface area contributed by atoms with E-state index in [0.717, 1.165) is 187 Å². The first kappa shape index (κ1) is 91.4. The number of carboxylic acid groups (broad SMARTS) is 1. The van der Waals surface area contributed by atoms with Crippen molar-refractivity contribution in [2.75, 3.05) is 93.4 Å². The molecule has 8 fully saturated rings. The molecule has 2 N–H and O–H groups in total. The summed E-state index contributed by atoms with van der Waals surface area (Å²) in [5, 5.41) is 43.8. The first-order valence-corrected chi connectivity index (χ1v) is 46.5. The van der Waals surface area contributed by atoms with Gasteiger partial charge in [0.15, 0.2) is 0 Å². The Morgan fingerprint density at radius 1 is 0.349 bits per heavy atom. The molecule has 8 aliphatic rings. The largest absolute Gasteiger partial charge is 0.497 e. The van der Waals surface area contributed by atoms with E-state index < -0.39 is 17.9 Å². The number of aromatic carboxylic acids is 1. The van der Waals surface area contributed by atoms with Gasteiger partial charge in [-0.05, 0) is 303 Å². The Labute approximate surface area is 755 Å². The second-order valence-electron chi connectivity index (χ2n) is 34.8. The number of anilines is 4. The minimum Gasteiger partial charge on any atom is -0.497 e. The summed E-state index contributed by atoms with van der Waals surface area (Å²) in [6.07, 6.45) is 23.5. The van der Waals surface area contributed by atoms with Crippen molar-refractivity contribution in [1.29, 1.82) is 0 Å². The van der Waals surface area contributed by atoms with Crippen molar-refractivity contribution in [2.45, 2.75) is 236 Å². The molecule has 2 amide bonds. The van der Waals surface area contributed by atoms with Gasteiger partial charge >= 0.3 is 17.9 Å². The van der Waals surface area contributed by atoms with Crippen molar-refractivity contribution in [2.24, 2.45) is 0 Å². The molecule has 129 heavy (non-hydrogen) atoms. The predicted octanol–water partition coefficient (Wildman–Crippen LogP) is 17.5. The molecule has 4 saturated heterocycles. The first-order valence-electron chi connectivity index (χ1n) is 46.5. The van der Waals surface area contributed by atoms with E-state index in [9.17, 15) is 34.2 Å². The Kier molecular flexibility index (Phi) is 31.6. The zero-order chi connectivity index (χ0) is 89.5. The Hall–Kier alpha value is -12.3. The molecule has 4 aliphatic carbocycles. The summed E-state index contributed by atoms with van der Waals surface area (Å²) in [6, 6.07) is 58.1. The van der Waals surface area contributed by atoms with Gasteiger partial charge in [0, 0.05) is 74.9 Å². The highest BCUT2D eigenvalue weighted by Gasteiger charge is 2.35. The number of hydrogen-bond acceptors (Lipinski definition) is 22. The molecule has 0 spiro atoms. The molecule has 682 valence electrons. The number of aromatic nitrogens is 9. The number of aliphatic hydroxyl groups is 1. The molecular formula is C101H123N13O15. The van der Waals surface area contributed by atoms with Gasteiger partial charge in [0.1, 0.15) is 35.6 Å². The molecule has 0 radical (unpaired) electrons. The van der Waals surface area contributed by atoms with E-state index in [1.807, 2.05) is 82.6 Å². The number of amides is 2. The molecule has 0 atom stereocenters. The molecule has 4 aliphatic heterocycles. The number of methoxy groups -OCH3 is 3. The fourth-order valence-corrected chi connectivity index (χ4v) is 19.1. The van der Waals surface area contributed by atoms with E-state index in [4.69, 9.17) is 37.9 Å². The molecule has 0 unspecified atom stereocenters. The van der Waals surface area contributed by atoms with Gasteiger partial charge in [-0.15, -0.1) is 15.3 Å². The lowest BCUT2D eigenvalue weighted by Crippen LogP contribution is -2.26. The minimum absolute atomic E-state index is 0.00131. The lowest BCUT2D eigenvalue weighted by Gasteiger charge is -2.29. The maximum Gasteiger partial charge on any atom is 0.364 e. The van der Waals surface area contributed by atoms with Gasteiger partial charge in [-0.2, -0.15) is 0 Å². The maximum atomic E-state index is 12.6. The fraction of sp³-hybridized carbons (Fsp3) is 0.475. The Morgan fingerprint density at radius 2 is 0.628 bits per heavy atom. The van der Waals surface area contributed by atoms with Crippen LogP contribution in [0.25, 0.3) is 0 Å². The molecule has 10 aromatic rings. The van der Waals surface area contributed by atoms with E-state index in [-0.39, 0.29) is 72.4 Å². The number of esters is 2. The van der Waals surface area contributed by atoms with Crippen molar-refractivity contribution in [3.8, 4) is 34.9 Å². The topological polar surface area (TPSA) is 305 Å². The summed E-state index contributed by atoms with van der Waals surface area (Å²) in [5.74, 6) is 3.60. The normalized spacial score (nSPS) is 20.9. The molecular weight excluding hydrogens is 1640 g/mol. The average Bonchev–Trinajstić information content (AvgIpc) is 1.72.